The van der Waals surface area contributed by atoms with E-state index in [2.05, 4.69) is 19.2 Å². The summed E-state index contributed by atoms with van der Waals surface area (Å²) in [5, 5.41) is 3.85. The molecule has 1 N–H and O–H groups in total. The van der Waals surface area contributed by atoms with Gasteiger partial charge in [-0.25, -0.2) is 4.39 Å². The number of rotatable bonds is 5. The highest BCUT2D eigenvalue weighted by Crippen LogP contribution is 2.14. The van der Waals surface area contributed by atoms with Gasteiger partial charge >= 0.3 is 0 Å². The summed E-state index contributed by atoms with van der Waals surface area (Å²) in [6.45, 7) is 4.78. The molecule has 0 aliphatic rings. The maximum atomic E-state index is 13.3. The molecule has 15 heavy (non-hydrogen) atoms. The van der Waals surface area contributed by atoms with Gasteiger partial charge in [0, 0.05) is 23.2 Å². The van der Waals surface area contributed by atoms with Crippen molar-refractivity contribution >= 4 is 11.6 Å². The third-order valence-electron chi connectivity index (χ3n) is 2.37. The Hall–Kier alpha value is -0.600. The van der Waals surface area contributed by atoms with Crippen LogP contribution < -0.4 is 5.32 Å². The summed E-state index contributed by atoms with van der Waals surface area (Å²) in [5.41, 5.74) is 0.630. The molecule has 0 bridgehead atoms. The first-order valence-corrected chi connectivity index (χ1v) is 5.68. The number of benzene rings is 1. The minimum absolute atomic E-state index is 0.199. The quantitative estimate of drug-likeness (QED) is 0.811. The Bertz CT molecular complexity index is 314. The van der Waals surface area contributed by atoms with Crippen molar-refractivity contribution in [3.63, 3.8) is 0 Å². The van der Waals surface area contributed by atoms with E-state index >= 15 is 0 Å². The van der Waals surface area contributed by atoms with Crippen LogP contribution in [0.5, 0.6) is 0 Å². The van der Waals surface area contributed by atoms with E-state index in [9.17, 15) is 4.39 Å². The molecule has 1 nitrogen and oxygen atoms in total. The summed E-state index contributed by atoms with van der Waals surface area (Å²) in [4.78, 5) is 0. The minimum atomic E-state index is -0.199. The van der Waals surface area contributed by atoms with Crippen molar-refractivity contribution in [2.45, 2.75) is 39.3 Å². The molecule has 0 heterocycles. The van der Waals surface area contributed by atoms with E-state index in [1.165, 1.54) is 6.07 Å². The van der Waals surface area contributed by atoms with Crippen LogP contribution in [0.2, 0.25) is 5.02 Å². The van der Waals surface area contributed by atoms with Gasteiger partial charge in [0.05, 0.1) is 0 Å². The molecular formula is C12H17ClFN. The van der Waals surface area contributed by atoms with Crippen LogP contribution in [0.1, 0.15) is 32.3 Å². The molecule has 1 rings (SSSR count). The molecule has 1 atom stereocenters. The Morgan fingerprint density at radius 3 is 2.87 bits per heavy atom. The highest BCUT2D eigenvalue weighted by Gasteiger charge is 2.04. The summed E-state index contributed by atoms with van der Waals surface area (Å²) >= 11 is 5.80. The average Bonchev–Trinajstić information content (AvgIpc) is 2.20. The smallest absolute Gasteiger partial charge is 0.127 e. The van der Waals surface area contributed by atoms with Crippen LogP contribution in [0.4, 0.5) is 4.39 Å². The maximum absolute atomic E-state index is 13.3. The van der Waals surface area contributed by atoms with Gasteiger partial charge in [-0.2, -0.15) is 0 Å². The zero-order chi connectivity index (χ0) is 11.3. The second kappa shape index (κ2) is 6.09. The van der Waals surface area contributed by atoms with Gasteiger partial charge in [-0.15, -0.1) is 0 Å². The molecule has 1 aromatic carbocycles. The van der Waals surface area contributed by atoms with Crippen LogP contribution in [-0.2, 0) is 6.54 Å². The Kier molecular flexibility index (Phi) is 5.06. The Labute approximate surface area is 95.6 Å². The Morgan fingerprint density at radius 1 is 1.47 bits per heavy atom. The molecule has 0 saturated carbocycles. The molecule has 0 radical (unpaired) electrons. The molecule has 1 aromatic rings. The van der Waals surface area contributed by atoms with E-state index in [0.29, 0.717) is 23.2 Å². The third-order valence-corrected chi connectivity index (χ3v) is 2.61. The largest absolute Gasteiger partial charge is 0.310 e. The first-order chi connectivity index (χ1) is 7.13. The van der Waals surface area contributed by atoms with Crippen molar-refractivity contribution in [2.24, 2.45) is 0 Å². The molecule has 3 heteroatoms. The van der Waals surface area contributed by atoms with Gasteiger partial charge in [0.15, 0.2) is 0 Å². The fraction of sp³-hybridized carbons (Fsp3) is 0.500. The molecule has 1 unspecified atom stereocenters. The van der Waals surface area contributed by atoms with Gasteiger partial charge in [-0.1, -0.05) is 24.9 Å². The van der Waals surface area contributed by atoms with Crippen molar-refractivity contribution in [3.05, 3.63) is 34.6 Å². The summed E-state index contributed by atoms with van der Waals surface area (Å²) < 4.78 is 13.3. The van der Waals surface area contributed by atoms with Gasteiger partial charge in [-0.3, -0.25) is 0 Å². The lowest BCUT2D eigenvalue weighted by atomic mass is 10.1. The van der Waals surface area contributed by atoms with E-state index in [1.807, 2.05) is 0 Å². The van der Waals surface area contributed by atoms with Crippen LogP contribution in [0.25, 0.3) is 0 Å². The first kappa shape index (κ1) is 12.5. The van der Waals surface area contributed by atoms with Crippen molar-refractivity contribution in [3.8, 4) is 0 Å². The lowest BCUT2D eigenvalue weighted by Gasteiger charge is -2.13. The monoisotopic (exact) mass is 229 g/mol. The predicted molar refractivity (Wildman–Crippen MR) is 62.6 cm³/mol. The zero-order valence-electron chi connectivity index (χ0n) is 9.19. The van der Waals surface area contributed by atoms with Crippen molar-refractivity contribution in [2.75, 3.05) is 0 Å². The molecule has 0 spiro atoms. The van der Waals surface area contributed by atoms with Crippen molar-refractivity contribution in [1.29, 1.82) is 0 Å². The number of halogens is 2. The molecule has 0 aliphatic carbocycles. The summed E-state index contributed by atoms with van der Waals surface area (Å²) in [5.74, 6) is -0.199. The molecule has 0 fully saturated rings. The fourth-order valence-electron chi connectivity index (χ4n) is 1.50. The van der Waals surface area contributed by atoms with E-state index in [4.69, 9.17) is 11.6 Å². The van der Waals surface area contributed by atoms with Crippen LogP contribution in [-0.4, -0.2) is 6.04 Å². The van der Waals surface area contributed by atoms with Crippen LogP contribution >= 0.6 is 11.6 Å². The Morgan fingerprint density at radius 2 is 2.20 bits per heavy atom. The van der Waals surface area contributed by atoms with Crippen molar-refractivity contribution in [1.82, 2.24) is 5.32 Å². The van der Waals surface area contributed by atoms with Crippen LogP contribution in [0.15, 0.2) is 18.2 Å². The average molecular weight is 230 g/mol. The highest BCUT2D eigenvalue weighted by atomic mass is 35.5. The second-order valence-corrected chi connectivity index (χ2v) is 4.24. The Balaban J connectivity index is 2.53. The molecule has 0 saturated heterocycles. The van der Waals surface area contributed by atoms with E-state index in [-0.39, 0.29) is 5.82 Å². The maximum Gasteiger partial charge on any atom is 0.127 e. The lowest BCUT2D eigenvalue weighted by molar-refractivity contribution is 0.496. The standard InChI is InChI=1S/C12H17ClFN/c1-3-4-9(2)15-8-10-7-11(13)5-6-12(10)14/h5-7,9,15H,3-4,8H2,1-2H3. The van der Waals surface area contributed by atoms with E-state index in [0.717, 1.165) is 12.8 Å². The van der Waals surface area contributed by atoms with Gasteiger partial charge in [0.2, 0.25) is 0 Å². The highest BCUT2D eigenvalue weighted by molar-refractivity contribution is 6.30. The van der Waals surface area contributed by atoms with E-state index in [1.54, 1.807) is 12.1 Å². The summed E-state index contributed by atoms with van der Waals surface area (Å²) in [7, 11) is 0. The third kappa shape index (κ3) is 4.18. The topological polar surface area (TPSA) is 12.0 Å². The van der Waals surface area contributed by atoms with Crippen molar-refractivity contribution < 1.29 is 4.39 Å². The molecule has 0 aromatic heterocycles. The number of hydrogen-bond donors (Lipinski definition) is 1. The van der Waals surface area contributed by atoms with Gasteiger partial charge < -0.3 is 5.32 Å². The number of nitrogens with one attached hydrogen (secondary N) is 1. The SMILES string of the molecule is CCCC(C)NCc1cc(Cl)ccc1F. The summed E-state index contributed by atoms with van der Waals surface area (Å²) in [6, 6.07) is 5.05. The molecular weight excluding hydrogens is 213 g/mol. The zero-order valence-corrected chi connectivity index (χ0v) is 9.94. The van der Waals surface area contributed by atoms with Crippen LogP contribution in [0, 0.1) is 5.82 Å². The van der Waals surface area contributed by atoms with Gasteiger partial charge in [-0.05, 0) is 31.5 Å². The summed E-state index contributed by atoms with van der Waals surface area (Å²) in [6.07, 6.45) is 2.23. The number of hydrogen-bond acceptors (Lipinski definition) is 1. The van der Waals surface area contributed by atoms with Gasteiger partial charge in [0.1, 0.15) is 5.82 Å². The lowest BCUT2D eigenvalue weighted by Crippen LogP contribution is -2.25. The van der Waals surface area contributed by atoms with E-state index < -0.39 is 0 Å². The van der Waals surface area contributed by atoms with Crippen LogP contribution in [0.3, 0.4) is 0 Å². The van der Waals surface area contributed by atoms with Gasteiger partial charge in [0.25, 0.3) is 0 Å². The molecule has 0 amide bonds. The normalized spacial score (nSPS) is 12.8. The predicted octanol–water partition coefficient (Wildman–Crippen LogP) is 3.76. The second-order valence-electron chi connectivity index (χ2n) is 3.81. The minimum Gasteiger partial charge on any atom is -0.310 e. The molecule has 84 valence electrons. The molecule has 0 aliphatic heterocycles. The fourth-order valence-corrected chi connectivity index (χ4v) is 1.69. The first-order valence-electron chi connectivity index (χ1n) is 5.30.